The summed E-state index contributed by atoms with van der Waals surface area (Å²) in [6, 6.07) is 0. The third-order valence-electron chi connectivity index (χ3n) is 0.851. The molecule has 0 aliphatic carbocycles. The van der Waals surface area contributed by atoms with Crippen LogP contribution in [0.1, 0.15) is 13.8 Å². The molecular weight excluding hydrogens is 169 g/mol. The maximum Gasteiger partial charge on any atom is 0.422 e. The number of allylic oxidation sites excluding steroid dienone is 3. The molecule has 4 heteroatoms. The summed E-state index contributed by atoms with van der Waals surface area (Å²) in [6.07, 6.45) is -0.132. The first-order chi connectivity index (χ1) is 5.42. The quantitative estimate of drug-likeness (QED) is 0.479. The molecule has 0 saturated carbocycles. The van der Waals surface area contributed by atoms with Gasteiger partial charge in [0.1, 0.15) is 0 Å². The molecule has 0 amide bonds. The molecule has 0 saturated heterocycles. The highest BCUT2D eigenvalue weighted by molar-refractivity contribution is 5.06. The second-order valence-electron chi connectivity index (χ2n) is 2.50. The van der Waals surface area contributed by atoms with Gasteiger partial charge < -0.3 is 4.74 Å². The van der Waals surface area contributed by atoms with Gasteiger partial charge in [-0.3, -0.25) is 0 Å². The molecule has 0 radical (unpaired) electrons. The van der Waals surface area contributed by atoms with Crippen molar-refractivity contribution >= 4 is 0 Å². The van der Waals surface area contributed by atoms with Gasteiger partial charge in [0.25, 0.3) is 0 Å². The van der Waals surface area contributed by atoms with E-state index in [4.69, 9.17) is 0 Å². The Balaban J connectivity index is 3.57. The van der Waals surface area contributed by atoms with Crippen LogP contribution in [0.2, 0.25) is 0 Å². The predicted molar refractivity (Wildman–Crippen MR) is 40.6 cm³/mol. The van der Waals surface area contributed by atoms with Crippen molar-refractivity contribution in [3.8, 4) is 0 Å². The first kappa shape index (κ1) is 11.1. The first-order valence-electron chi connectivity index (χ1n) is 3.40. The summed E-state index contributed by atoms with van der Waals surface area (Å²) in [4.78, 5) is 0. The Labute approximate surface area is 69.5 Å². The van der Waals surface area contributed by atoms with E-state index < -0.39 is 12.8 Å². The fraction of sp³-hybridized carbons (Fsp3) is 0.500. The number of ether oxygens (including phenoxy) is 1. The summed E-state index contributed by atoms with van der Waals surface area (Å²) in [5.41, 5.74) is 1.00. The Morgan fingerprint density at radius 3 is 2.33 bits per heavy atom. The van der Waals surface area contributed by atoms with Crippen molar-refractivity contribution < 1.29 is 17.9 Å². The standard InChI is InChI=1S/C8H11F3O/c1-7(2)4-3-5-12-6-8(9,10)11/h3-5H,6H2,1-2H3/b5-3+. The third kappa shape index (κ3) is 9.07. The van der Waals surface area contributed by atoms with Crippen molar-refractivity contribution in [3.63, 3.8) is 0 Å². The Hall–Kier alpha value is -0.930. The molecule has 0 bridgehead atoms. The van der Waals surface area contributed by atoms with E-state index in [2.05, 4.69) is 4.74 Å². The van der Waals surface area contributed by atoms with Gasteiger partial charge in [-0.25, -0.2) is 0 Å². The summed E-state index contributed by atoms with van der Waals surface area (Å²) in [6.45, 7) is 2.45. The zero-order chi connectivity index (χ0) is 9.61. The topological polar surface area (TPSA) is 9.23 Å². The molecule has 0 heterocycles. The van der Waals surface area contributed by atoms with Crippen LogP contribution in [0.5, 0.6) is 0 Å². The van der Waals surface area contributed by atoms with Gasteiger partial charge >= 0.3 is 6.18 Å². The van der Waals surface area contributed by atoms with E-state index in [0.29, 0.717) is 0 Å². The highest BCUT2D eigenvalue weighted by atomic mass is 19.4. The third-order valence-corrected chi connectivity index (χ3v) is 0.851. The molecule has 0 N–H and O–H groups in total. The van der Waals surface area contributed by atoms with Gasteiger partial charge in [-0.1, -0.05) is 11.6 Å². The van der Waals surface area contributed by atoms with Crippen molar-refractivity contribution in [1.29, 1.82) is 0 Å². The van der Waals surface area contributed by atoms with Crippen LogP contribution in [0, 0.1) is 0 Å². The maximum absolute atomic E-state index is 11.5. The van der Waals surface area contributed by atoms with Gasteiger partial charge in [0.2, 0.25) is 0 Å². The second kappa shape index (κ2) is 4.85. The monoisotopic (exact) mass is 180 g/mol. The molecule has 0 aromatic carbocycles. The van der Waals surface area contributed by atoms with Crippen molar-refractivity contribution in [2.75, 3.05) is 6.61 Å². The summed E-state index contributed by atoms with van der Waals surface area (Å²) >= 11 is 0. The Kier molecular flexibility index (Phi) is 4.47. The molecular formula is C8H11F3O. The molecule has 0 aliphatic heterocycles. The molecule has 0 fully saturated rings. The molecule has 0 spiro atoms. The van der Waals surface area contributed by atoms with Crippen LogP contribution in [0.4, 0.5) is 13.2 Å². The molecule has 0 aromatic rings. The second-order valence-corrected chi connectivity index (χ2v) is 2.50. The van der Waals surface area contributed by atoms with Gasteiger partial charge in [0, 0.05) is 0 Å². The molecule has 70 valence electrons. The van der Waals surface area contributed by atoms with Crippen molar-refractivity contribution in [2.45, 2.75) is 20.0 Å². The molecule has 0 aliphatic rings. The number of hydrogen-bond donors (Lipinski definition) is 0. The van der Waals surface area contributed by atoms with Crippen LogP contribution in [0.25, 0.3) is 0 Å². The fourth-order valence-corrected chi connectivity index (χ4v) is 0.430. The highest BCUT2D eigenvalue weighted by Crippen LogP contribution is 2.14. The van der Waals surface area contributed by atoms with Gasteiger partial charge in [-0.2, -0.15) is 13.2 Å². The lowest BCUT2D eigenvalue weighted by Crippen LogP contribution is -2.14. The number of rotatable bonds is 3. The lowest BCUT2D eigenvalue weighted by molar-refractivity contribution is -0.161. The van der Waals surface area contributed by atoms with E-state index >= 15 is 0 Å². The maximum atomic E-state index is 11.5. The van der Waals surface area contributed by atoms with Crippen molar-refractivity contribution in [3.05, 3.63) is 24.0 Å². The van der Waals surface area contributed by atoms with Crippen LogP contribution < -0.4 is 0 Å². The van der Waals surface area contributed by atoms with Crippen LogP contribution in [0.3, 0.4) is 0 Å². The van der Waals surface area contributed by atoms with E-state index in [1.165, 1.54) is 6.08 Å². The Morgan fingerprint density at radius 2 is 1.92 bits per heavy atom. The lowest BCUT2D eigenvalue weighted by Gasteiger charge is -2.03. The summed E-state index contributed by atoms with van der Waals surface area (Å²) < 4.78 is 38.6. The van der Waals surface area contributed by atoms with Gasteiger partial charge in [0.15, 0.2) is 6.61 Å². The molecule has 0 aromatic heterocycles. The minimum atomic E-state index is -4.25. The SMILES string of the molecule is CC(C)=C/C=C/OCC(F)(F)F. The Bertz CT molecular complexity index is 175. The van der Waals surface area contributed by atoms with Gasteiger partial charge in [-0.15, -0.1) is 0 Å². The van der Waals surface area contributed by atoms with E-state index in [-0.39, 0.29) is 0 Å². The van der Waals surface area contributed by atoms with E-state index in [0.717, 1.165) is 11.8 Å². The van der Waals surface area contributed by atoms with Crippen LogP contribution in [-0.2, 0) is 4.74 Å². The number of hydrogen-bond acceptors (Lipinski definition) is 1. The van der Waals surface area contributed by atoms with Crippen molar-refractivity contribution in [1.82, 2.24) is 0 Å². The largest absolute Gasteiger partial charge is 0.492 e. The number of halogens is 3. The van der Waals surface area contributed by atoms with E-state index in [1.807, 2.05) is 13.8 Å². The predicted octanol–water partition coefficient (Wildman–Crippen LogP) is 3.05. The van der Waals surface area contributed by atoms with Crippen LogP contribution in [0.15, 0.2) is 24.0 Å². The summed E-state index contributed by atoms with van der Waals surface area (Å²) in [5, 5.41) is 0. The first-order valence-corrected chi connectivity index (χ1v) is 3.40. The molecule has 0 rings (SSSR count). The summed E-state index contributed by atoms with van der Waals surface area (Å²) in [7, 11) is 0. The number of alkyl halides is 3. The van der Waals surface area contributed by atoms with Crippen molar-refractivity contribution in [2.24, 2.45) is 0 Å². The highest BCUT2D eigenvalue weighted by Gasteiger charge is 2.27. The molecule has 1 nitrogen and oxygen atoms in total. The summed E-state index contributed by atoms with van der Waals surface area (Å²) in [5.74, 6) is 0. The smallest absolute Gasteiger partial charge is 0.422 e. The van der Waals surface area contributed by atoms with E-state index in [1.54, 1.807) is 6.08 Å². The molecule has 0 atom stereocenters. The minimum absolute atomic E-state index is 1.00. The van der Waals surface area contributed by atoms with Crippen LogP contribution in [-0.4, -0.2) is 12.8 Å². The molecule has 12 heavy (non-hydrogen) atoms. The zero-order valence-corrected chi connectivity index (χ0v) is 6.98. The Morgan fingerprint density at radius 1 is 1.33 bits per heavy atom. The lowest BCUT2D eigenvalue weighted by atomic mass is 10.3. The average Bonchev–Trinajstić information content (AvgIpc) is 1.83. The zero-order valence-electron chi connectivity index (χ0n) is 6.98. The normalized spacial score (nSPS) is 11.8. The van der Waals surface area contributed by atoms with E-state index in [9.17, 15) is 13.2 Å². The van der Waals surface area contributed by atoms with Gasteiger partial charge in [-0.05, 0) is 19.9 Å². The van der Waals surface area contributed by atoms with Gasteiger partial charge in [0.05, 0.1) is 6.26 Å². The average molecular weight is 180 g/mol. The fourth-order valence-electron chi connectivity index (χ4n) is 0.430. The minimum Gasteiger partial charge on any atom is -0.492 e. The molecule has 0 unspecified atom stereocenters. The van der Waals surface area contributed by atoms with Crippen LogP contribution >= 0.6 is 0 Å².